The molecule has 0 saturated heterocycles. The maximum absolute atomic E-state index is 5.66. The normalized spacial score (nSPS) is 16.2. The van der Waals surface area contributed by atoms with Gasteiger partial charge >= 0.3 is 0 Å². The van der Waals surface area contributed by atoms with Gasteiger partial charge < -0.3 is 10.6 Å². The van der Waals surface area contributed by atoms with Crippen molar-refractivity contribution in [1.82, 2.24) is 4.90 Å². The minimum Gasteiger partial charge on any atom is -0.330 e. The van der Waals surface area contributed by atoms with Crippen LogP contribution in [-0.2, 0) is 13.0 Å². The standard InChI is InChI=1S/C15H24N2/c1-17(11-13-5-4-6-13)12-15-8-3-2-7-14(15)9-10-16/h2-3,7-8,13H,4-6,9-12,16H2,1H3. The lowest BCUT2D eigenvalue weighted by molar-refractivity contribution is 0.200. The largest absolute Gasteiger partial charge is 0.330 e. The molecule has 0 heterocycles. The molecule has 2 heteroatoms. The van der Waals surface area contributed by atoms with Crippen LogP contribution in [0.2, 0.25) is 0 Å². The third-order valence-electron chi connectivity index (χ3n) is 3.77. The summed E-state index contributed by atoms with van der Waals surface area (Å²) in [4.78, 5) is 2.46. The van der Waals surface area contributed by atoms with E-state index in [1.807, 2.05) is 0 Å². The molecule has 0 aliphatic heterocycles. The van der Waals surface area contributed by atoms with Crippen molar-refractivity contribution >= 4 is 0 Å². The molecule has 0 amide bonds. The molecule has 17 heavy (non-hydrogen) atoms. The van der Waals surface area contributed by atoms with Gasteiger partial charge in [0.05, 0.1) is 0 Å². The number of nitrogens with zero attached hydrogens (tertiary/aromatic N) is 1. The van der Waals surface area contributed by atoms with Crippen LogP contribution in [0.4, 0.5) is 0 Å². The van der Waals surface area contributed by atoms with E-state index in [9.17, 15) is 0 Å². The topological polar surface area (TPSA) is 29.3 Å². The second kappa shape index (κ2) is 6.18. The Kier molecular flexibility index (Phi) is 4.57. The minimum atomic E-state index is 0.739. The quantitative estimate of drug-likeness (QED) is 0.816. The Labute approximate surface area is 105 Å². The lowest BCUT2D eigenvalue weighted by Gasteiger charge is -2.30. The van der Waals surface area contributed by atoms with Crippen LogP contribution in [0, 0.1) is 5.92 Å². The SMILES string of the molecule is CN(Cc1ccccc1CCN)CC1CCC1. The van der Waals surface area contributed by atoms with Gasteiger partial charge in [-0.3, -0.25) is 0 Å². The average molecular weight is 232 g/mol. The Hall–Kier alpha value is -0.860. The van der Waals surface area contributed by atoms with Crippen molar-refractivity contribution in [2.45, 2.75) is 32.2 Å². The number of nitrogens with two attached hydrogens (primary N) is 1. The fraction of sp³-hybridized carbons (Fsp3) is 0.600. The number of benzene rings is 1. The van der Waals surface area contributed by atoms with E-state index in [0.29, 0.717) is 0 Å². The van der Waals surface area contributed by atoms with Gasteiger partial charge in [-0.1, -0.05) is 30.7 Å². The van der Waals surface area contributed by atoms with Crippen LogP contribution in [0.15, 0.2) is 24.3 Å². The van der Waals surface area contributed by atoms with E-state index in [-0.39, 0.29) is 0 Å². The molecule has 1 saturated carbocycles. The van der Waals surface area contributed by atoms with Crippen LogP contribution >= 0.6 is 0 Å². The van der Waals surface area contributed by atoms with Crippen molar-refractivity contribution < 1.29 is 0 Å². The van der Waals surface area contributed by atoms with Crippen molar-refractivity contribution in [3.8, 4) is 0 Å². The summed E-state index contributed by atoms with van der Waals surface area (Å²) in [7, 11) is 2.23. The minimum absolute atomic E-state index is 0.739. The molecule has 1 aromatic carbocycles. The monoisotopic (exact) mass is 232 g/mol. The number of hydrogen-bond acceptors (Lipinski definition) is 2. The summed E-state index contributed by atoms with van der Waals surface area (Å²) in [5.41, 5.74) is 8.51. The molecule has 1 aromatic rings. The second-order valence-electron chi connectivity index (χ2n) is 5.30. The zero-order valence-electron chi connectivity index (χ0n) is 10.9. The summed E-state index contributed by atoms with van der Waals surface area (Å²) in [6.45, 7) is 3.05. The van der Waals surface area contributed by atoms with E-state index in [4.69, 9.17) is 5.73 Å². The Bertz CT molecular complexity index is 345. The van der Waals surface area contributed by atoms with E-state index in [1.165, 1.54) is 36.9 Å². The summed E-state index contributed by atoms with van der Waals surface area (Å²) in [5.74, 6) is 0.946. The van der Waals surface area contributed by atoms with Crippen LogP contribution < -0.4 is 5.73 Å². The third kappa shape index (κ3) is 3.55. The molecule has 0 atom stereocenters. The smallest absolute Gasteiger partial charge is 0.0233 e. The summed E-state index contributed by atoms with van der Waals surface area (Å²) in [6, 6.07) is 8.69. The molecule has 2 N–H and O–H groups in total. The maximum Gasteiger partial charge on any atom is 0.0233 e. The van der Waals surface area contributed by atoms with Crippen molar-refractivity contribution in [1.29, 1.82) is 0 Å². The first-order valence-corrected chi connectivity index (χ1v) is 6.75. The average Bonchev–Trinajstić information content (AvgIpc) is 2.27. The molecule has 94 valence electrons. The lowest BCUT2D eigenvalue weighted by Crippen LogP contribution is -2.29. The van der Waals surface area contributed by atoms with Crippen LogP contribution in [0.5, 0.6) is 0 Å². The molecular formula is C15H24N2. The van der Waals surface area contributed by atoms with Crippen molar-refractivity contribution in [3.05, 3.63) is 35.4 Å². The van der Waals surface area contributed by atoms with E-state index in [2.05, 4.69) is 36.2 Å². The van der Waals surface area contributed by atoms with Crippen molar-refractivity contribution in [3.63, 3.8) is 0 Å². The fourth-order valence-electron chi connectivity index (χ4n) is 2.58. The van der Waals surface area contributed by atoms with Gasteiger partial charge in [0.1, 0.15) is 0 Å². The Balaban J connectivity index is 1.91. The van der Waals surface area contributed by atoms with Crippen LogP contribution in [0.25, 0.3) is 0 Å². The molecule has 1 aliphatic rings. The van der Waals surface area contributed by atoms with Gasteiger partial charge in [-0.25, -0.2) is 0 Å². The molecule has 0 radical (unpaired) electrons. The highest BCUT2D eigenvalue weighted by molar-refractivity contribution is 5.27. The molecule has 1 fully saturated rings. The highest BCUT2D eigenvalue weighted by Gasteiger charge is 2.19. The third-order valence-corrected chi connectivity index (χ3v) is 3.77. The highest BCUT2D eigenvalue weighted by Crippen LogP contribution is 2.27. The molecule has 1 aliphatic carbocycles. The Morgan fingerprint density at radius 1 is 1.24 bits per heavy atom. The Morgan fingerprint density at radius 2 is 1.94 bits per heavy atom. The summed E-state index contributed by atoms with van der Waals surface area (Å²) < 4.78 is 0. The predicted octanol–water partition coefficient (Wildman–Crippen LogP) is 2.42. The Morgan fingerprint density at radius 3 is 2.53 bits per heavy atom. The van der Waals surface area contributed by atoms with Crippen LogP contribution in [0.3, 0.4) is 0 Å². The number of rotatable bonds is 6. The van der Waals surface area contributed by atoms with Crippen LogP contribution in [0.1, 0.15) is 30.4 Å². The van der Waals surface area contributed by atoms with E-state index >= 15 is 0 Å². The predicted molar refractivity (Wildman–Crippen MR) is 72.9 cm³/mol. The first-order valence-electron chi connectivity index (χ1n) is 6.75. The van der Waals surface area contributed by atoms with Gasteiger partial charge in [-0.05, 0) is 49.9 Å². The molecular weight excluding hydrogens is 208 g/mol. The zero-order chi connectivity index (χ0) is 12.1. The summed E-state index contributed by atoms with van der Waals surface area (Å²) in [6.07, 6.45) is 5.28. The van der Waals surface area contributed by atoms with Gasteiger partial charge in [-0.2, -0.15) is 0 Å². The number of hydrogen-bond donors (Lipinski definition) is 1. The molecule has 0 bridgehead atoms. The lowest BCUT2D eigenvalue weighted by atomic mass is 9.85. The van der Waals surface area contributed by atoms with E-state index in [1.54, 1.807) is 0 Å². The van der Waals surface area contributed by atoms with Crippen LogP contribution in [-0.4, -0.2) is 25.0 Å². The fourth-order valence-corrected chi connectivity index (χ4v) is 2.58. The van der Waals surface area contributed by atoms with E-state index < -0.39 is 0 Å². The molecule has 0 aromatic heterocycles. The highest BCUT2D eigenvalue weighted by atomic mass is 15.1. The van der Waals surface area contributed by atoms with E-state index in [0.717, 1.165) is 25.4 Å². The second-order valence-corrected chi connectivity index (χ2v) is 5.30. The van der Waals surface area contributed by atoms with Crippen molar-refractivity contribution in [2.24, 2.45) is 11.7 Å². The molecule has 2 nitrogen and oxygen atoms in total. The van der Waals surface area contributed by atoms with Gasteiger partial charge in [-0.15, -0.1) is 0 Å². The van der Waals surface area contributed by atoms with Gasteiger partial charge in [0.15, 0.2) is 0 Å². The first kappa shape index (κ1) is 12.6. The maximum atomic E-state index is 5.66. The summed E-state index contributed by atoms with van der Waals surface area (Å²) in [5, 5.41) is 0. The van der Waals surface area contributed by atoms with Gasteiger partial charge in [0.25, 0.3) is 0 Å². The van der Waals surface area contributed by atoms with Gasteiger partial charge in [0, 0.05) is 13.1 Å². The molecule has 2 rings (SSSR count). The van der Waals surface area contributed by atoms with Gasteiger partial charge in [0.2, 0.25) is 0 Å². The molecule has 0 unspecified atom stereocenters. The first-order chi connectivity index (χ1) is 8.29. The zero-order valence-corrected chi connectivity index (χ0v) is 10.9. The molecule has 0 spiro atoms. The summed E-state index contributed by atoms with van der Waals surface area (Å²) >= 11 is 0. The van der Waals surface area contributed by atoms with Crippen molar-refractivity contribution in [2.75, 3.05) is 20.1 Å².